The van der Waals surface area contributed by atoms with Crippen molar-refractivity contribution in [2.75, 3.05) is 13.1 Å². The van der Waals surface area contributed by atoms with E-state index in [1.54, 1.807) is 6.92 Å². The number of unbranched alkanes of at least 4 members (excludes halogenated alkanes) is 5. The van der Waals surface area contributed by atoms with Crippen molar-refractivity contribution < 1.29 is 4.79 Å². The van der Waals surface area contributed by atoms with E-state index in [4.69, 9.17) is 0 Å². The number of piperidine rings is 1. The molecule has 1 amide bonds. The Labute approximate surface area is 144 Å². The van der Waals surface area contributed by atoms with Gasteiger partial charge in [0, 0.05) is 31.6 Å². The molecule has 1 atom stereocenters. The Hall–Kier alpha value is -0.570. The number of hydrogen-bond donors (Lipinski definition) is 1. The summed E-state index contributed by atoms with van der Waals surface area (Å²) in [6.07, 6.45) is 14.3. The molecule has 0 bridgehead atoms. The van der Waals surface area contributed by atoms with E-state index >= 15 is 0 Å². The van der Waals surface area contributed by atoms with E-state index in [0.717, 1.165) is 25.9 Å². The van der Waals surface area contributed by atoms with E-state index in [9.17, 15) is 4.79 Å². The Morgan fingerprint density at radius 3 is 2.13 bits per heavy atom. The second kappa shape index (κ2) is 11.1. The summed E-state index contributed by atoms with van der Waals surface area (Å²) >= 11 is 0. The summed E-state index contributed by atoms with van der Waals surface area (Å²) in [6.45, 7) is 11.0. The van der Waals surface area contributed by atoms with Crippen molar-refractivity contribution in [3.8, 4) is 0 Å². The van der Waals surface area contributed by atoms with E-state index < -0.39 is 0 Å². The normalized spacial score (nSPS) is 19.5. The second-order valence-electron chi connectivity index (χ2n) is 7.73. The van der Waals surface area contributed by atoms with Crippen molar-refractivity contribution in [3.05, 3.63) is 0 Å². The monoisotopic (exact) mass is 324 g/mol. The zero-order chi connectivity index (χ0) is 17.1. The van der Waals surface area contributed by atoms with Gasteiger partial charge in [0.25, 0.3) is 0 Å². The maximum Gasteiger partial charge on any atom is 0.217 e. The fourth-order valence-corrected chi connectivity index (χ4v) is 3.96. The van der Waals surface area contributed by atoms with E-state index in [0.29, 0.717) is 11.6 Å². The van der Waals surface area contributed by atoms with Crippen molar-refractivity contribution in [1.82, 2.24) is 10.2 Å². The SMILES string of the molecule is CCCCCCCC(C)(CCCC)N1CCC(NC(C)=O)CC1. The Morgan fingerprint density at radius 1 is 1.00 bits per heavy atom. The van der Waals surface area contributed by atoms with Gasteiger partial charge in [-0.1, -0.05) is 58.8 Å². The molecule has 3 heteroatoms. The molecule has 0 spiro atoms. The van der Waals surface area contributed by atoms with Crippen LogP contribution in [0.5, 0.6) is 0 Å². The van der Waals surface area contributed by atoms with Gasteiger partial charge in [-0.25, -0.2) is 0 Å². The molecule has 1 heterocycles. The number of carbonyl (C=O) groups is 1. The fourth-order valence-electron chi connectivity index (χ4n) is 3.96. The van der Waals surface area contributed by atoms with E-state index in [1.807, 2.05) is 0 Å². The van der Waals surface area contributed by atoms with Crippen LogP contribution in [0.25, 0.3) is 0 Å². The second-order valence-corrected chi connectivity index (χ2v) is 7.73. The lowest BCUT2D eigenvalue weighted by atomic mass is 9.85. The van der Waals surface area contributed by atoms with Crippen LogP contribution in [0, 0.1) is 0 Å². The predicted octanol–water partition coefficient (Wildman–Crippen LogP) is 4.90. The molecular formula is C20H40N2O. The van der Waals surface area contributed by atoms with Gasteiger partial charge in [0.15, 0.2) is 0 Å². The lowest BCUT2D eigenvalue weighted by molar-refractivity contribution is -0.120. The van der Waals surface area contributed by atoms with Crippen molar-refractivity contribution in [2.24, 2.45) is 0 Å². The highest BCUT2D eigenvalue weighted by molar-refractivity contribution is 5.73. The standard InChI is InChI=1S/C20H40N2O/c1-5-7-9-10-11-15-20(4,14-8-6-2)22-16-12-19(13-17-22)21-18(3)23/h19H,5-17H2,1-4H3,(H,21,23). The smallest absolute Gasteiger partial charge is 0.217 e. The van der Waals surface area contributed by atoms with Crippen LogP contribution in [0.2, 0.25) is 0 Å². The lowest BCUT2D eigenvalue weighted by Crippen LogP contribution is -2.53. The minimum atomic E-state index is 0.119. The molecule has 1 aliphatic heterocycles. The Bertz CT molecular complexity index is 324. The first-order chi connectivity index (χ1) is 11.0. The third-order valence-electron chi connectivity index (χ3n) is 5.55. The molecular weight excluding hydrogens is 284 g/mol. The van der Waals surface area contributed by atoms with Crippen LogP contribution in [0.15, 0.2) is 0 Å². The van der Waals surface area contributed by atoms with E-state index in [2.05, 4.69) is 31.0 Å². The molecule has 0 aromatic rings. The molecule has 0 saturated carbocycles. The molecule has 136 valence electrons. The van der Waals surface area contributed by atoms with E-state index in [-0.39, 0.29) is 5.91 Å². The van der Waals surface area contributed by atoms with Crippen LogP contribution in [-0.2, 0) is 4.79 Å². The summed E-state index contributed by atoms with van der Waals surface area (Å²) in [5, 5.41) is 3.10. The summed E-state index contributed by atoms with van der Waals surface area (Å²) in [6, 6.07) is 0.392. The molecule has 3 nitrogen and oxygen atoms in total. The summed E-state index contributed by atoms with van der Waals surface area (Å²) in [5.41, 5.74) is 0.365. The Balaban J connectivity index is 2.47. The van der Waals surface area contributed by atoms with Gasteiger partial charge >= 0.3 is 0 Å². The van der Waals surface area contributed by atoms with Crippen LogP contribution >= 0.6 is 0 Å². The van der Waals surface area contributed by atoms with Crippen LogP contribution in [0.3, 0.4) is 0 Å². The van der Waals surface area contributed by atoms with Crippen molar-refractivity contribution in [3.63, 3.8) is 0 Å². The Kier molecular flexibility index (Phi) is 9.85. The van der Waals surface area contributed by atoms with Crippen molar-refractivity contribution in [1.29, 1.82) is 0 Å². The van der Waals surface area contributed by atoms with Crippen molar-refractivity contribution in [2.45, 2.75) is 110 Å². The van der Waals surface area contributed by atoms with Gasteiger partial charge in [0.2, 0.25) is 5.91 Å². The first-order valence-electron chi connectivity index (χ1n) is 10.0. The average molecular weight is 325 g/mol. The summed E-state index contributed by atoms with van der Waals surface area (Å²) in [5.74, 6) is 0.119. The summed E-state index contributed by atoms with van der Waals surface area (Å²) in [4.78, 5) is 14.0. The molecule has 1 rings (SSSR count). The molecule has 0 aliphatic carbocycles. The highest BCUT2D eigenvalue weighted by Gasteiger charge is 2.33. The maximum absolute atomic E-state index is 11.2. The minimum absolute atomic E-state index is 0.119. The first-order valence-corrected chi connectivity index (χ1v) is 10.0. The number of amides is 1. The van der Waals surface area contributed by atoms with Gasteiger partial charge in [-0.2, -0.15) is 0 Å². The van der Waals surface area contributed by atoms with E-state index in [1.165, 1.54) is 57.8 Å². The number of likely N-dealkylation sites (tertiary alicyclic amines) is 1. The Morgan fingerprint density at radius 2 is 1.57 bits per heavy atom. The quantitative estimate of drug-likeness (QED) is 0.548. The van der Waals surface area contributed by atoms with Gasteiger partial charge in [-0.3, -0.25) is 9.69 Å². The van der Waals surface area contributed by atoms with Gasteiger partial charge in [0.05, 0.1) is 0 Å². The van der Waals surface area contributed by atoms with Gasteiger partial charge in [-0.15, -0.1) is 0 Å². The zero-order valence-electron chi connectivity index (χ0n) is 16.1. The highest BCUT2D eigenvalue weighted by Crippen LogP contribution is 2.31. The molecule has 1 aliphatic rings. The molecule has 1 unspecified atom stereocenters. The topological polar surface area (TPSA) is 32.3 Å². The number of nitrogens with one attached hydrogen (secondary N) is 1. The van der Waals surface area contributed by atoms with Gasteiger partial charge in [-0.05, 0) is 32.6 Å². The third-order valence-corrected chi connectivity index (χ3v) is 5.55. The average Bonchev–Trinajstić information content (AvgIpc) is 2.53. The van der Waals surface area contributed by atoms with Crippen LogP contribution in [0.1, 0.15) is 98.3 Å². The summed E-state index contributed by atoms with van der Waals surface area (Å²) in [7, 11) is 0. The largest absolute Gasteiger partial charge is 0.354 e. The fraction of sp³-hybridized carbons (Fsp3) is 0.950. The van der Waals surface area contributed by atoms with Crippen LogP contribution in [-0.4, -0.2) is 35.5 Å². The number of hydrogen-bond acceptors (Lipinski definition) is 2. The molecule has 1 saturated heterocycles. The number of nitrogens with zero attached hydrogens (tertiary/aromatic N) is 1. The lowest BCUT2D eigenvalue weighted by Gasteiger charge is -2.45. The predicted molar refractivity (Wildman–Crippen MR) is 99.7 cm³/mol. The van der Waals surface area contributed by atoms with Crippen LogP contribution in [0.4, 0.5) is 0 Å². The molecule has 1 fully saturated rings. The molecule has 0 aromatic carbocycles. The molecule has 0 aromatic heterocycles. The third kappa shape index (κ3) is 7.69. The maximum atomic E-state index is 11.2. The first kappa shape index (κ1) is 20.5. The van der Waals surface area contributed by atoms with Crippen LogP contribution < -0.4 is 5.32 Å². The number of carbonyl (C=O) groups excluding carboxylic acids is 1. The molecule has 1 N–H and O–H groups in total. The summed E-state index contributed by atoms with van der Waals surface area (Å²) < 4.78 is 0. The minimum Gasteiger partial charge on any atom is -0.354 e. The van der Waals surface area contributed by atoms with Gasteiger partial charge < -0.3 is 5.32 Å². The zero-order valence-corrected chi connectivity index (χ0v) is 16.1. The van der Waals surface area contributed by atoms with Crippen molar-refractivity contribution >= 4 is 5.91 Å². The number of rotatable bonds is 11. The molecule has 0 radical (unpaired) electrons. The highest BCUT2D eigenvalue weighted by atomic mass is 16.1. The molecule has 23 heavy (non-hydrogen) atoms. The van der Waals surface area contributed by atoms with Gasteiger partial charge in [0.1, 0.15) is 0 Å².